The Kier molecular flexibility index (Phi) is 5.62. The lowest BCUT2D eigenvalue weighted by Gasteiger charge is -2.24. The standard InChI is InChI=1S/C13H20BrN3O/c1-9(2)6-17(8-13(16)18)7-10-11(14)4-3-5-12(10)15/h3-5,9H,6-8,15H2,1-2H3,(H2,16,18). The molecule has 5 heteroatoms. The Bertz CT molecular complexity index is 400. The summed E-state index contributed by atoms with van der Waals surface area (Å²) in [5.41, 5.74) is 13.0. The average molecular weight is 314 g/mol. The molecular formula is C13H20BrN3O. The fourth-order valence-corrected chi connectivity index (χ4v) is 2.39. The van der Waals surface area contributed by atoms with Gasteiger partial charge in [0.15, 0.2) is 0 Å². The Morgan fingerprint density at radius 3 is 2.61 bits per heavy atom. The lowest BCUT2D eigenvalue weighted by Crippen LogP contribution is -2.36. The van der Waals surface area contributed by atoms with Gasteiger partial charge in [-0.25, -0.2) is 0 Å². The summed E-state index contributed by atoms with van der Waals surface area (Å²) in [6.07, 6.45) is 0. The van der Waals surface area contributed by atoms with Gasteiger partial charge < -0.3 is 11.5 Å². The highest BCUT2D eigenvalue weighted by molar-refractivity contribution is 9.10. The van der Waals surface area contributed by atoms with E-state index in [0.717, 1.165) is 22.3 Å². The van der Waals surface area contributed by atoms with Crippen LogP contribution in [0.4, 0.5) is 5.69 Å². The van der Waals surface area contributed by atoms with Crippen molar-refractivity contribution in [2.24, 2.45) is 11.7 Å². The molecule has 18 heavy (non-hydrogen) atoms. The van der Waals surface area contributed by atoms with Gasteiger partial charge >= 0.3 is 0 Å². The second kappa shape index (κ2) is 6.75. The van der Waals surface area contributed by atoms with Crippen molar-refractivity contribution in [3.05, 3.63) is 28.2 Å². The summed E-state index contributed by atoms with van der Waals surface area (Å²) in [5, 5.41) is 0. The number of benzene rings is 1. The Balaban J connectivity index is 2.84. The monoisotopic (exact) mass is 313 g/mol. The highest BCUT2D eigenvalue weighted by Crippen LogP contribution is 2.24. The van der Waals surface area contributed by atoms with Gasteiger partial charge in [-0.1, -0.05) is 35.8 Å². The largest absolute Gasteiger partial charge is 0.398 e. The summed E-state index contributed by atoms with van der Waals surface area (Å²) >= 11 is 3.49. The molecule has 0 saturated heterocycles. The topological polar surface area (TPSA) is 72.3 Å². The van der Waals surface area contributed by atoms with E-state index in [9.17, 15) is 4.79 Å². The quantitative estimate of drug-likeness (QED) is 0.789. The Morgan fingerprint density at radius 2 is 2.11 bits per heavy atom. The van der Waals surface area contributed by atoms with Gasteiger partial charge in [-0.05, 0) is 18.1 Å². The molecule has 1 amide bonds. The third kappa shape index (κ3) is 4.66. The summed E-state index contributed by atoms with van der Waals surface area (Å²) in [6.45, 7) is 5.89. The van der Waals surface area contributed by atoms with Crippen molar-refractivity contribution in [2.45, 2.75) is 20.4 Å². The molecule has 1 aromatic carbocycles. The molecule has 1 aromatic rings. The Morgan fingerprint density at radius 1 is 1.44 bits per heavy atom. The van der Waals surface area contributed by atoms with Crippen LogP contribution < -0.4 is 11.5 Å². The van der Waals surface area contributed by atoms with E-state index in [1.807, 2.05) is 23.1 Å². The number of rotatable bonds is 6. The summed E-state index contributed by atoms with van der Waals surface area (Å²) in [7, 11) is 0. The molecule has 0 spiro atoms. The molecule has 0 aliphatic rings. The molecule has 0 aliphatic carbocycles. The fraction of sp³-hybridized carbons (Fsp3) is 0.462. The first-order valence-corrected chi connectivity index (χ1v) is 6.73. The molecule has 0 saturated carbocycles. The zero-order valence-electron chi connectivity index (χ0n) is 10.8. The van der Waals surface area contributed by atoms with Crippen molar-refractivity contribution in [3.63, 3.8) is 0 Å². The number of hydrogen-bond acceptors (Lipinski definition) is 3. The van der Waals surface area contributed by atoms with Gasteiger partial charge in [0.25, 0.3) is 0 Å². The summed E-state index contributed by atoms with van der Waals surface area (Å²) in [6, 6.07) is 5.70. The van der Waals surface area contributed by atoms with Crippen LogP contribution in [0.1, 0.15) is 19.4 Å². The van der Waals surface area contributed by atoms with Crippen LogP contribution in [0.5, 0.6) is 0 Å². The predicted octanol–water partition coefficient (Wildman–Crippen LogP) is 1.97. The summed E-state index contributed by atoms with van der Waals surface area (Å²) in [4.78, 5) is 13.1. The van der Waals surface area contributed by atoms with Gasteiger partial charge in [0.1, 0.15) is 0 Å². The maximum Gasteiger partial charge on any atom is 0.231 e. The number of primary amides is 1. The second-order valence-electron chi connectivity index (χ2n) is 4.84. The maximum absolute atomic E-state index is 11.1. The van der Waals surface area contributed by atoms with E-state index in [1.165, 1.54) is 0 Å². The molecule has 100 valence electrons. The molecule has 0 aromatic heterocycles. The van der Waals surface area contributed by atoms with Crippen LogP contribution in [0.25, 0.3) is 0 Å². The number of hydrogen-bond donors (Lipinski definition) is 2. The van der Waals surface area contributed by atoms with Crippen molar-refractivity contribution in [3.8, 4) is 0 Å². The van der Waals surface area contributed by atoms with E-state index in [-0.39, 0.29) is 12.5 Å². The smallest absolute Gasteiger partial charge is 0.231 e. The first-order chi connectivity index (χ1) is 8.40. The first-order valence-electron chi connectivity index (χ1n) is 5.93. The van der Waals surface area contributed by atoms with E-state index >= 15 is 0 Å². The minimum Gasteiger partial charge on any atom is -0.398 e. The van der Waals surface area contributed by atoms with Gasteiger partial charge in [0, 0.05) is 28.8 Å². The lowest BCUT2D eigenvalue weighted by atomic mass is 10.1. The lowest BCUT2D eigenvalue weighted by molar-refractivity contribution is -0.119. The third-order valence-electron chi connectivity index (χ3n) is 2.54. The number of halogens is 1. The molecule has 1 rings (SSSR count). The molecule has 0 atom stereocenters. The number of nitrogen functional groups attached to an aromatic ring is 1. The van der Waals surface area contributed by atoms with Crippen LogP contribution in [0, 0.1) is 5.92 Å². The Hall–Kier alpha value is -1.07. The zero-order chi connectivity index (χ0) is 13.7. The van der Waals surface area contributed by atoms with E-state index < -0.39 is 0 Å². The van der Waals surface area contributed by atoms with Gasteiger partial charge in [0.2, 0.25) is 5.91 Å². The average Bonchev–Trinajstić information content (AvgIpc) is 2.21. The van der Waals surface area contributed by atoms with Crippen molar-refractivity contribution in [1.29, 1.82) is 0 Å². The highest BCUT2D eigenvalue weighted by Gasteiger charge is 2.14. The number of carbonyl (C=O) groups is 1. The molecule has 0 unspecified atom stereocenters. The molecule has 4 nitrogen and oxygen atoms in total. The maximum atomic E-state index is 11.1. The second-order valence-corrected chi connectivity index (χ2v) is 5.69. The molecule has 4 N–H and O–H groups in total. The van der Waals surface area contributed by atoms with Crippen LogP contribution in [-0.4, -0.2) is 23.9 Å². The van der Waals surface area contributed by atoms with Crippen molar-refractivity contribution < 1.29 is 4.79 Å². The molecular weight excluding hydrogens is 294 g/mol. The predicted molar refractivity (Wildman–Crippen MR) is 77.9 cm³/mol. The minimum atomic E-state index is -0.318. The van der Waals surface area contributed by atoms with Crippen LogP contribution >= 0.6 is 15.9 Å². The molecule has 0 fully saturated rings. The Labute approximate surface area is 116 Å². The number of anilines is 1. The number of carbonyl (C=O) groups excluding carboxylic acids is 1. The molecule has 0 bridgehead atoms. The normalized spacial score (nSPS) is 11.2. The SMILES string of the molecule is CC(C)CN(CC(N)=O)Cc1c(N)cccc1Br. The fourth-order valence-electron chi connectivity index (χ4n) is 1.89. The van der Waals surface area contributed by atoms with Gasteiger partial charge in [-0.2, -0.15) is 0 Å². The van der Waals surface area contributed by atoms with Crippen LogP contribution in [0.15, 0.2) is 22.7 Å². The van der Waals surface area contributed by atoms with Crippen LogP contribution in [-0.2, 0) is 11.3 Å². The zero-order valence-corrected chi connectivity index (χ0v) is 12.4. The summed E-state index contributed by atoms with van der Waals surface area (Å²) in [5.74, 6) is 0.148. The van der Waals surface area contributed by atoms with Crippen LogP contribution in [0.3, 0.4) is 0 Å². The van der Waals surface area contributed by atoms with E-state index in [2.05, 4.69) is 29.8 Å². The minimum absolute atomic E-state index is 0.249. The first kappa shape index (κ1) is 15.0. The molecule has 0 radical (unpaired) electrons. The van der Waals surface area contributed by atoms with Crippen molar-refractivity contribution in [2.75, 3.05) is 18.8 Å². The summed E-state index contributed by atoms with van der Waals surface area (Å²) < 4.78 is 0.959. The van der Waals surface area contributed by atoms with Crippen molar-refractivity contribution >= 4 is 27.5 Å². The van der Waals surface area contributed by atoms with E-state index in [0.29, 0.717) is 12.5 Å². The number of amides is 1. The number of nitrogens with zero attached hydrogens (tertiary/aromatic N) is 1. The van der Waals surface area contributed by atoms with Gasteiger partial charge in [-0.3, -0.25) is 9.69 Å². The number of nitrogens with two attached hydrogens (primary N) is 2. The van der Waals surface area contributed by atoms with Gasteiger partial charge in [0.05, 0.1) is 6.54 Å². The molecule has 0 aliphatic heterocycles. The van der Waals surface area contributed by atoms with Crippen LogP contribution in [0.2, 0.25) is 0 Å². The van der Waals surface area contributed by atoms with Gasteiger partial charge in [-0.15, -0.1) is 0 Å². The van der Waals surface area contributed by atoms with E-state index in [4.69, 9.17) is 11.5 Å². The molecule has 0 heterocycles. The van der Waals surface area contributed by atoms with E-state index in [1.54, 1.807) is 0 Å². The van der Waals surface area contributed by atoms with Crippen molar-refractivity contribution in [1.82, 2.24) is 4.90 Å². The third-order valence-corrected chi connectivity index (χ3v) is 3.28. The highest BCUT2D eigenvalue weighted by atomic mass is 79.9.